The highest BCUT2D eigenvalue weighted by atomic mass is 16.7. The van der Waals surface area contributed by atoms with Gasteiger partial charge >= 0.3 is 24.1 Å². The number of aromatic nitrogens is 3. The van der Waals surface area contributed by atoms with Crippen molar-refractivity contribution in [3.8, 4) is 0 Å². The normalized spacial score (nSPS) is 34.4. The Bertz CT molecular complexity index is 1880. The Kier molecular flexibility index (Phi) is 17.0. The van der Waals surface area contributed by atoms with E-state index in [1.807, 2.05) is 13.8 Å². The third-order valence-electron chi connectivity index (χ3n) is 19.2. The van der Waals surface area contributed by atoms with Gasteiger partial charge in [0.15, 0.2) is 0 Å². The molecule has 5 aliphatic carbocycles. The molecule has 66 heavy (non-hydrogen) atoms. The van der Waals surface area contributed by atoms with Crippen LogP contribution in [-0.4, -0.2) is 55.1 Å². The van der Waals surface area contributed by atoms with Gasteiger partial charge < -0.3 is 24.4 Å². The molecule has 0 aliphatic heterocycles. The predicted octanol–water partition coefficient (Wildman–Crippen LogP) is 12.7. The minimum Gasteiger partial charge on any atom is -0.459 e. The summed E-state index contributed by atoms with van der Waals surface area (Å²) in [4.78, 5) is 51.4. The van der Waals surface area contributed by atoms with Gasteiger partial charge in [0.1, 0.15) is 18.8 Å². The summed E-state index contributed by atoms with van der Waals surface area (Å²) in [5, 5.41) is 30.1. The maximum Gasteiger partial charge on any atom is 0.513 e. The van der Waals surface area contributed by atoms with E-state index in [9.17, 15) is 29.4 Å². The van der Waals surface area contributed by atoms with E-state index in [0.29, 0.717) is 49.6 Å². The lowest BCUT2D eigenvalue weighted by Crippen LogP contribution is -2.68. The van der Waals surface area contributed by atoms with Crippen LogP contribution < -0.4 is 0 Å². The van der Waals surface area contributed by atoms with E-state index >= 15 is 0 Å². The summed E-state index contributed by atoms with van der Waals surface area (Å²) < 4.78 is 17.9. The Balaban J connectivity index is 0.970. The van der Waals surface area contributed by atoms with Crippen LogP contribution in [0.4, 0.5) is 4.79 Å². The monoisotopic (exact) mass is 922 g/mol. The molecule has 12 nitrogen and oxygen atoms in total. The van der Waals surface area contributed by atoms with E-state index in [2.05, 4.69) is 57.9 Å². The van der Waals surface area contributed by atoms with Gasteiger partial charge in [0.05, 0.1) is 11.6 Å². The van der Waals surface area contributed by atoms with E-state index < -0.39 is 34.7 Å². The van der Waals surface area contributed by atoms with Crippen molar-refractivity contribution in [3.63, 3.8) is 0 Å². The van der Waals surface area contributed by atoms with Gasteiger partial charge in [0.2, 0.25) is 5.79 Å². The van der Waals surface area contributed by atoms with Crippen molar-refractivity contribution in [2.45, 2.75) is 235 Å². The van der Waals surface area contributed by atoms with Gasteiger partial charge in [-0.05, 0) is 104 Å². The van der Waals surface area contributed by atoms with E-state index in [0.717, 1.165) is 51.4 Å². The topological polar surface area (TPSA) is 167 Å². The van der Waals surface area contributed by atoms with Crippen LogP contribution in [0.3, 0.4) is 0 Å². The molecule has 4 saturated carbocycles. The van der Waals surface area contributed by atoms with Gasteiger partial charge in [0, 0.05) is 18.3 Å². The molecule has 0 amide bonds. The molecule has 1 aromatic rings. The Labute approximate surface area is 396 Å². The van der Waals surface area contributed by atoms with Gasteiger partial charge in [-0.25, -0.2) is 14.3 Å². The van der Waals surface area contributed by atoms with Crippen molar-refractivity contribution in [1.29, 1.82) is 0 Å². The molecular weight excluding hydrogens is 835 g/mol. The summed E-state index contributed by atoms with van der Waals surface area (Å²) in [7, 11) is 0. The van der Waals surface area contributed by atoms with Crippen LogP contribution in [-0.2, 0) is 41.7 Å². The molecule has 1 heterocycles. The highest BCUT2D eigenvalue weighted by Crippen LogP contribution is 2.76. The van der Waals surface area contributed by atoms with E-state index in [1.54, 1.807) is 6.20 Å². The molecule has 2 N–H and O–H groups in total. The summed E-state index contributed by atoms with van der Waals surface area (Å²) >= 11 is 0. The van der Waals surface area contributed by atoms with E-state index in [4.69, 9.17) is 14.2 Å². The smallest absolute Gasteiger partial charge is 0.459 e. The largest absolute Gasteiger partial charge is 0.513 e. The number of allylic oxidation sites excluding steroid dienone is 2. The van der Waals surface area contributed by atoms with Crippen LogP contribution in [0.1, 0.15) is 222 Å². The molecule has 0 bridgehead atoms. The number of ether oxygens (including phenoxy) is 3. The second-order valence-electron chi connectivity index (χ2n) is 23.2. The third kappa shape index (κ3) is 10.5. The van der Waals surface area contributed by atoms with Crippen molar-refractivity contribution in [3.05, 3.63) is 23.5 Å². The summed E-state index contributed by atoms with van der Waals surface area (Å²) in [5.74, 6) is -2.25. The molecule has 0 spiro atoms. The van der Waals surface area contributed by atoms with Crippen LogP contribution in [0.2, 0.25) is 0 Å². The molecule has 4 fully saturated rings. The molecule has 372 valence electrons. The second-order valence-corrected chi connectivity index (χ2v) is 23.2. The van der Waals surface area contributed by atoms with Crippen LogP contribution in [0, 0.1) is 56.7 Å². The zero-order chi connectivity index (χ0) is 48.0. The first kappa shape index (κ1) is 52.1. The van der Waals surface area contributed by atoms with Gasteiger partial charge in [-0.1, -0.05) is 162 Å². The molecule has 0 saturated heterocycles. The van der Waals surface area contributed by atoms with Gasteiger partial charge in [-0.3, -0.25) is 9.59 Å². The van der Waals surface area contributed by atoms with Crippen LogP contribution >= 0.6 is 0 Å². The number of hydrogen-bond donors (Lipinski definition) is 2. The molecule has 5 aliphatic rings. The molecular formula is C54H87N3O9. The summed E-state index contributed by atoms with van der Waals surface area (Å²) in [6, 6.07) is 0. The van der Waals surface area contributed by atoms with Crippen molar-refractivity contribution < 1.29 is 43.6 Å². The number of hydrogen-bond acceptors (Lipinski definition) is 10. The zero-order valence-electron chi connectivity index (χ0n) is 42.2. The molecule has 1 aromatic heterocycles. The Hall–Kier alpha value is -3.28. The quantitative estimate of drug-likeness (QED) is 0.0284. The molecule has 10 atom stereocenters. The number of carbonyl (C=O) groups excluding carboxylic acids is 3. The number of rotatable bonds is 22. The second kappa shape index (κ2) is 21.6. The van der Waals surface area contributed by atoms with Crippen LogP contribution in [0.25, 0.3) is 0 Å². The molecule has 12 heteroatoms. The van der Waals surface area contributed by atoms with Crippen molar-refractivity contribution >= 4 is 24.1 Å². The van der Waals surface area contributed by atoms with Gasteiger partial charge in [-0.2, -0.15) is 0 Å². The van der Waals surface area contributed by atoms with Crippen molar-refractivity contribution in [1.82, 2.24) is 15.0 Å². The standard InChI is InChI=1S/C54H87N3O9/c1-9-10-11-12-13-14-15-16-17-18-19-20-21-22-23-24-44(58)64-37-40-35-57(56-55-40)36-45(59)66-54(63)34-31-50(6)42(49(54,4)5)28-29-52(8)43(50)26-25-41-46-39(3)38(2)27-30-53(46,33-32-51(41,52)7)47(60)65-48(61)62/h25,35,38-39,42-43,46,63H,9-24,26-34,36-37H2,1-8H3,(H,61,62)/t38-,39+,42?,43-,46+,50+,51-,52-,53+,54?/m1/s1. The lowest BCUT2D eigenvalue weighted by molar-refractivity contribution is -0.318. The Morgan fingerprint density at radius 2 is 1.38 bits per heavy atom. The fraction of sp³-hybridized carbons (Fsp3) is 0.852. The molecule has 2 unspecified atom stereocenters. The average molecular weight is 922 g/mol. The average Bonchev–Trinajstić information content (AvgIpc) is 3.71. The number of unbranched alkanes of at least 4 members (excludes halogenated alkanes) is 14. The third-order valence-corrected chi connectivity index (χ3v) is 19.2. The number of fused-ring (bicyclic) bond motifs is 7. The van der Waals surface area contributed by atoms with Gasteiger partial charge in [-0.15, -0.1) is 5.10 Å². The lowest BCUT2D eigenvalue weighted by Gasteiger charge is -2.72. The summed E-state index contributed by atoms with van der Waals surface area (Å²) in [5.41, 5.74) is -0.283. The van der Waals surface area contributed by atoms with Crippen LogP contribution in [0.5, 0.6) is 0 Å². The lowest BCUT2D eigenvalue weighted by atomic mass is 9.33. The van der Waals surface area contributed by atoms with Crippen molar-refractivity contribution in [2.75, 3.05) is 0 Å². The summed E-state index contributed by atoms with van der Waals surface area (Å²) in [6.45, 7) is 17.9. The van der Waals surface area contributed by atoms with Crippen LogP contribution in [0.15, 0.2) is 17.8 Å². The van der Waals surface area contributed by atoms with Gasteiger partial charge in [0.25, 0.3) is 0 Å². The highest BCUT2D eigenvalue weighted by Gasteiger charge is 2.72. The van der Waals surface area contributed by atoms with E-state index in [-0.39, 0.29) is 53.1 Å². The minimum absolute atomic E-state index is 0.0173. The maximum atomic E-state index is 13.7. The Morgan fingerprint density at radius 3 is 2.00 bits per heavy atom. The number of carbonyl (C=O) groups is 4. The fourth-order valence-corrected chi connectivity index (χ4v) is 14.8. The zero-order valence-corrected chi connectivity index (χ0v) is 42.2. The number of nitrogens with zero attached hydrogens (tertiary/aromatic N) is 3. The van der Waals surface area contributed by atoms with Crippen molar-refractivity contribution in [2.24, 2.45) is 56.7 Å². The number of carboxylic acid groups (broad SMARTS) is 1. The minimum atomic E-state index is -1.68. The number of esters is 3. The molecule has 0 aromatic carbocycles. The predicted molar refractivity (Wildman–Crippen MR) is 253 cm³/mol. The first-order chi connectivity index (χ1) is 31.3. The molecule has 6 rings (SSSR count). The summed E-state index contributed by atoms with van der Waals surface area (Å²) in [6.07, 6.45) is 28.4. The highest BCUT2D eigenvalue weighted by molar-refractivity contribution is 5.86. The molecule has 0 radical (unpaired) electrons. The fourth-order valence-electron chi connectivity index (χ4n) is 14.8. The maximum absolute atomic E-state index is 13.7. The first-order valence-electron chi connectivity index (χ1n) is 26.4. The Morgan fingerprint density at radius 1 is 0.758 bits per heavy atom. The van der Waals surface area contributed by atoms with E-state index in [1.165, 1.54) is 87.3 Å². The first-order valence-corrected chi connectivity index (χ1v) is 26.4. The SMILES string of the molecule is CCCCCCCCCCCCCCCCCC(=O)OCc1cn(CC(=O)OC2(O)CC[C@@]3(C)C(CC[C@]4(C)[C@@H]3CC=C3[C@@H]5[C@@H](C)[C@H](C)CC[C@]5(C(=O)OC(=O)O)CC[C@]34C)C2(C)C)nn1. The number of aliphatic hydroxyl groups is 1.